The summed E-state index contributed by atoms with van der Waals surface area (Å²) in [7, 11) is 4.25. The highest BCUT2D eigenvalue weighted by Crippen LogP contribution is 2.38. The van der Waals surface area contributed by atoms with Gasteiger partial charge in [0.25, 0.3) is 0 Å². The zero-order valence-corrected chi connectivity index (χ0v) is 15.9. The SMILES string of the molecule is CC/C=C(\NCC(CCC)(CCC(C)C)C(C)C)N(C)C. The fraction of sp³-hybridized carbons (Fsp3) is 0.895. The Morgan fingerprint density at radius 3 is 2.10 bits per heavy atom. The molecule has 0 saturated heterocycles. The molecule has 0 bridgehead atoms. The van der Waals surface area contributed by atoms with Gasteiger partial charge in [0, 0.05) is 20.6 Å². The molecule has 126 valence electrons. The lowest BCUT2D eigenvalue weighted by Crippen LogP contribution is -2.40. The maximum Gasteiger partial charge on any atom is 0.0966 e. The van der Waals surface area contributed by atoms with E-state index in [0.29, 0.717) is 11.3 Å². The molecule has 0 amide bonds. The maximum absolute atomic E-state index is 3.74. The monoisotopic (exact) mass is 296 g/mol. The number of hydrogen-bond acceptors (Lipinski definition) is 2. The van der Waals surface area contributed by atoms with Crippen molar-refractivity contribution in [1.82, 2.24) is 10.2 Å². The Morgan fingerprint density at radius 2 is 1.71 bits per heavy atom. The number of nitrogens with zero attached hydrogens (tertiary/aromatic N) is 1. The van der Waals surface area contributed by atoms with Crippen LogP contribution in [0.1, 0.15) is 73.6 Å². The molecule has 1 atom stereocenters. The summed E-state index contributed by atoms with van der Waals surface area (Å²) in [5.41, 5.74) is 0.419. The predicted octanol–water partition coefficient (Wildman–Crippen LogP) is 5.27. The van der Waals surface area contributed by atoms with E-state index in [-0.39, 0.29) is 0 Å². The van der Waals surface area contributed by atoms with E-state index in [0.717, 1.165) is 18.9 Å². The van der Waals surface area contributed by atoms with Crippen molar-refractivity contribution in [3.8, 4) is 0 Å². The van der Waals surface area contributed by atoms with E-state index in [1.165, 1.54) is 31.5 Å². The Kier molecular flexibility index (Phi) is 9.81. The summed E-state index contributed by atoms with van der Waals surface area (Å²) in [5.74, 6) is 2.77. The summed E-state index contributed by atoms with van der Waals surface area (Å²) in [6.45, 7) is 15.1. The number of rotatable bonds is 11. The molecule has 2 nitrogen and oxygen atoms in total. The summed E-state index contributed by atoms with van der Waals surface area (Å²) in [5, 5.41) is 3.74. The fourth-order valence-corrected chi connectivity index (χ4v) is 3.03. The van der Waals surface area contributed by atoms with Crippen molar-refractivity contribution in [1.29, 1.82) is 0 Å². The first-order valence-electron chi connectivity index (χ1n) is 8.90. The van der Waals surface area contributed by atoms with Crippen molar-refractivity contribution in [3.05, 3.63) is 11.9 Å². The molecule has 2 heteroatoms. The minimum absolute atomic E-state index is 0.419. The number of allylic oxidation sites excluding steroid dienone is 1. The Balaban J connectivity index is 4.98. The van der Waals surface area contributed by atoms with E-state index in [4.69, 9.17) is 0 Å². The van der Waals surface area contributed by atoms with Crippen LogP contribution in [-0.2, 0) is 0 Å². The van der Waals surface area contributed by atoms with E-state index in [1.807, 2.05) is 0 Å². The topological polar surface area (TPSA) is 15.3 Å². The van der Waals surface area contributed by atoms with Crippen molar-refractivity contribution < 1.29 is 0 Å². The van der Waals surface area contributed by atoms with Crippen molar-refractivity contribution in [2.24, 2.45) is 17.3 Å². The van der Waals surface area contributed by atoms with Gasteiger partial charge in [-0.25, -0.2) is 0 Å². The molecule has 0 heterocycles. The van der Waals surface area contributed by atoms with Crippen molar-refractivity contribution in [2.45, 2.75) is 73.6 Å². The third kappa shape index (κ3) is 7.24. The van der Waals surface area contributed by atoms with Gasteiger partial charge in [0.05, 0.1) is 5.82 Å². The zero-order valence-electron chi connectivity index (χ0n) is 15.9. The summed E-state index contributed by atoms with van der Waals surface area (Å²) in [4.78, 5) is 2.20. The second kappa shape index (κ2) is 10.1. The van der Waals surface area contributed by atoms with Crippen LogP contribution in [0.3, 0.4) is 0 Å². The van der Waals surface area contributed by atoms with Crippen LogP contribution in [0.5, 0.6) is 0 Å². The summed E-state index contributed by atoms with van der Waals surface area (Å²) in [6.07, 6.45) is 8.61. The molecule has 0 saturated carbocycles. The molecule has 0 aliphatic carbocycles. The van der Waals surface area contributed by atoms with Gasteiger partial charge in [-0.1, -0.05) is 54.4 Å². The highest BCUT2D eigenvalue weighted by Gasteiger charge is 2.32. The van der Waals surface area contributed by atoms with Crippen LogP contribution >= 0.6 is 0 Å². The first kappa shape index (κ1) is 20.3. The highest BCUT2D eigenvalue weighted by molar-refractivity contribution is 4.99. The largest absolute Gasteiger partial charge is 0.371 e. The molecule has 0 fully saturated rings. The average Bonchev–Trinajstić information content (AvgIpc) is 2.39. The van der Waals surface area contributed by atoms with Crippen LogP contribution in [0.2, 0.25) is 0 Å². The van der Waals surface area contributed by atoms with Crippen molar-refractivity contribution >= 4 is 0 Å². The van der Waals surface area contributed by atoms with Crippen LogP contribution in [0.15, 0.2) is 11.9 Å². The van der Waals surface area contributed by atoms with Gasteiger partial charge in [-0.05, 0) is 42.6 Å². The minimum Gasteiger partial charge on any atom is -0.371 e. The molecule has 0 rings (SSSR count). The second-order valence-electron chi connectivity index (χ2n) is 7.45. The molecule has 0 spiro atoms. The summed E-state index contributed by atoms with van der Waals surface area (Å²) in [6, 6.07) is 0. The molecule has 0 aromatic carbocycles. The lowest BCUT2D eigenvalue weighted by molar-refractivity contribution is 0.137. The van der Waals surface area contributed by atoms with Crippen LogP contribution in [-0.4, -0.2) is 25.5 Å². The van der Waals surface area contributed by atoms with E-state index in [1.54, 1.807) is 0 Å². The molecule has 0 aliphatic rings. The Bertz CT molecular complexity index is 292. The zero-order chi connectivity index (χ0) is 16.5. The Morgan fingerprint density at radius 1 is 1.10 bits per heavy atom. The van der Waals surface area contributed by atoms with Crippen LogP contribution in [0.25, 0.3) is 0 Å². The molecule has 0 aromatic rings. The van der Waals surface area contributed by atoms with Gasteiger partial charge in [0.1, 0.15) is 0 Å². The lowest BCUT2D eigenvalue weighted by Gasteiger charge is -2.40. The van der Waals surface area contributed by atoms with Gasteiger partial charge in [0.15, 0.2) is 0 Å². The third-order valence-electron chi connectivity index (χ3n) is 4.69. The average molecular weight is 297 g/mol. The molecular formula is C19H40N2. The van der Waals surface area contributed by atoms with Crippen LogP contribution in [0, 0.1) is 17.3 Å². The standard InChI is InChI=1S/C19H40N2/c1-9-11-18(21(7)8)20-15-19(13-10-2,17(5)6)14-12-16(3)4/h11,16-17,20H,9-10,12-15H2,1-8H3/b18-11+. The molecule has 1 N–H and O–H groups in total. The molecule has 0 aromatic heterocycles. The van der Waals surface area contributed by atoms with Gasteiger partial charge in [0.2, 0.25) is 0 Å². The fourth-order valence-electron chi connectivity index (χ4n) is 3.03. The lowest BCUT2D eigenvalue weighted by atomic mass is 9.69. The summed E-state index contributed by atoms with van der Waals surface area (Å²) >= 11 is 0. The molecule has 0 radical (unpaired) electrons. The molecule has 21 heavy (non-hydrogen) atoms. The van der Waals surface area contributed by atoms with E-state index >= 15 is 0 Å². The second-order valence-corrected chi connectivity index (χ2v) is 7.45. The van der Waals surface area contributed by atoms with Gasteiger partial charge in [-0.3, -0.25) is 0 Å². The Hall–Kier alpha value is -0.660. The highest BCUT2D eigenvalue weighted by atomic mass is 15.2. The van der Waals surface area contributed by atoms with Gasteiger partial charge in [-0.2, -0.15) is 0 Å². The first-order chi connectivity index (χ1) is 9.79. The maximum atomic E-state index is 3.74. The van der Waals surface area contributed by atoms with E-state index in [2.05, 4.69) is 71.9 Å². The van der Waals surface area contributed by atoms with Crippen molar-refractivity contribution in [3.63, 3.8) is 0 Å². The normalized spacial score (nSPS) is 15.4. The van der Waals surface area contributed by atoms with E-state index < -0.39 is 0 Å². The summed E-state index contributed by atoms with van der Waals surface area (Å²) < 4.78 is 0. The molecule has 1 unspecified atom stereocenters. The molecular weight excluding hydrogens is 256 g/mol. The number of hydrogen-bond donors (Lipinski definition) is 1. The first-order valence-corrected chi connectivity index (χ1v) is 8.90. The third-order valence-corrected chi connectivity index (χ3v) is 4.69. The van der Waals surface area contributed by atoms with Gasteiger partial charge in [-0.15, -0.1) is 0 Å². The number of nitrogens with one attached hydrogen (secondary N) is 1. The van der Waals surface area contributed by atoms with Gasteiger partial charge < -0.3 is 10.2 Å². The minimum atomic E-state index is 0.419. The van der Waals surface area contributed by atoms with E-state index in [9.17, 15) is 0 Å². The van der Waals surface area contributed by atoms with Crippen molar-refractivity contribution in [2.75, 3.05) is 20.6 Å². The van der Waals surface area contributed by atoms with Crippen LogP contribution in [0.4, 0.5) is 0 Å². The van der Waals surface area contributed by atoms with Crippen LogP contribution < -0.4 is 5.32 Å². The predicted molar refractivity (Wildman–Crippen MR) is 96.3 cm³/mol. The van der Waals surface area contributed by atoms with Gasteiger partial charge >= 0.3 is 0 Å². The smallest absolute Gasteiger partial charge is 0.0966 e. The quantitative estimate of drug-likeness (QED) is 0.559. The Labute approximate surface area is 134 Å². The molecule has 0 aliphatic heterocycles.